The lowest BCUT2D eigenvalue weighted by Crippen LogP contribution is -2.35. The monoisotopic (exact) mass is 318 g/mol. The van der Waals surface area contributed by atoms with Gasteiger partial charge in [-0.25, -0.2) is 0 Å². The lowest BCUT2D eigenvalue weighted by Gasteiger charge is -2.28. The molecular formula is C17H22N2O2S. The van der Waals surface area contributed by atoms with Gasteiger partial charge in [0.05, 0.1) is 0 Å². The topological polar surface area (TPSA) is 49.7 Å². The van der Waals surface area contributed by atoms with E-state index in [2.05, 4.69) is 9.30 Å². The molecule has 0 radical (unpaired) electrons. The van der Waals surface area contributed by atoms with Crippen LogP contribution in [0.5, 0.6) is 0 Å². The summed E-state index contributed by atoms with van der Waals surface area (Å²) in [6, 6.07) is 5.80. The predicted octanol–water partition coefficient (Wildman–Crippen LogP) is 3.26. The number of sulfonamides is 1. The lowest BCUT2D eigenvalue weighted by atomic mass is 10.0. The molecule has 2 aliphatic heterocycles. The van der Waals surface area contributed by atoms with E-state index in [1.165, 1.54) is 6.42 Å². The first-order valence-corrected chi connectivity index (χ1v) is 9.23. The van der Waals surface area contributed by atoms with Crippen LogP contribution in [0, 0.1) is 13.8 Å². The maximum Gasteiger partial charge on any atom is 0.285 e. The van der Waals surface area contributed by atoms with Gasteiger partial charge in [-0.15, -0.1) is 4.40 Å². The summed E-state index contributed by atoms with van der Waals surface area (Å²) in [6.45, 7) is 7.70. The Morgan fingerprint density at radius 2 is 1.68 bits per heavy atom. The highest BCUT2D eigenvalue weighted by Gasteiger charge is 2.33. The van der Waals surface area contributed by atoms with Crippen molar-refractivity contribution < 1.29 is 8.42 Å². The van der Waals surface area contributed by atoms with E-state index in [1.54, 1.807) is 0 Å². The van der Waals surface area contributed by atoms with Gasteiger partial charge in [0.1, 0.15) is 10.7 Å². The maximum atomic E-state index is 12.5. The molecule has 1 aromatic rings. The standard InChI is InChI=1S/C17H22N2O2S/c1-12-7-8-15(11-13(12)2)16-14(3)17(18-22(16,20)21)19-9-5-4-6-10-19/h7-8,11H,4-6,9-10H2,1-3H3. The minimum Gasteiger partial charge on any atom is -0.356 e. The average molecular weight is 318 g/mol. The van der Waals surface area contributed by atoms with E-state index in [4.69, 9.17) is 0 Å². The Morgan fingerprint density at radius 3 is 2.32 bits per heavy atom. The number of piperidine rings is 1. The molecule has 0 spiro atoms. The fourth-order valence-corrected chi connectivity index (χ4v) is 4.65. The molecule has 0 aliphatic carbocycles. The highest BCUT2D eigenvalue weighted by Crippen LogP contribution is 2.34. The third kappa shape index (κ3) is 2.58. The van der Waals surface area contributed by atoms with Crippen molar-refractivity contribution in [1.29, 1.82) is 0 Å². The first-order valence-electron chi connectivity index (χ1n) is 7.79. The van der Waals surface area contributed by atoms with Crippen LogP contribution in [0.3, 0.4) is 0 Å². The Kier molecular flexibility index (Phi) is 3.85. The molecule has 0 amide bonds. The molecule has 2 heterocycles. The van der Waals surface area contributed by atoms with Gasteiger partial charge in [0.2, 0.25) is 0 Å². The number of rotatable bonds is 1. The fraction of sp³-hybridized carbons (Fsp3) is 0.471. The molecule has 1 aromatic carbocycles. The van der Waals surface area contributed by atoms with Gasteiger partial charge in [-0.2, -0.15) is 8.42 Å². The minimum absolute atomic E-state index is 0.371. The summed E-state index contributed by atoms with van der Waals surface area (Å²) in [7, 11) is -3.59. The number of benzene rings is 1. The van der Waals surface area contributed by atoms with Crippen LogP contribution in [0.15, 0.2) is 28.2 Å². The van der Waals surface area contributed by atoms with Crippen LogP contribution >= 0.6 is 0 Å². The average Bonchev–Trinajstić information content (AvgIpc) is 2.73. The summed E-state index contributed by atoms with van der Waals surface area (Å²) in [4.78, 5) is 2.49. The van der Waals surface area contributed by atoms with Crippen molar-refractivity contribution in [3.8, 4) is 0 Å². The fourth-order valence-electron chi connectivity index (χ4n) is 3.17. The van der Waals surface area contributed by atoms with Crippen molar-refractivity contribution in [1.82, 2.24) is 4.90 Å². The molecule has 5 heteroatoms. The normalized spacial score (nSPS) is 21.2. The van der Waals surface area contributed by atoms with Crippen molar-refractivity contribution in [2.45, 2.75) is 40.0 Å². The number of amidine groups is 1. The highest BCUT2D eigenvalue weighted by molar-refractivity contribution is 8.00. The largest absolute Gasteiger partial charge is 0.356 e. The van der Waals surface area contributed by atoms with E-state index in [0.717, 1.165) is 48.2 Å². The SMILES string of the molecule is CC1=C(c2ccc(C)c(C)c2)S(=O)(=O)N=C1N1CCCCC1. The van der Waals surface area contributed by atoms with Gasteiger partial charge in [-0.05, 0) is 56.7 Å². The molecule has 0 aromatic heterocycles. The van der Waals surface area contributed by atoms with E-state index in [9.17, 15) is 8.42 Å². The summed E-state index contributed by atoms with van der Waals surface area (Å²) in [5.41, 5.74) is 3.79. The summed E-state index contributed by atoms with van der Waals surface area (Å²) >= 11 is 0. The number of aryl methyl sites for hydroxylation is 2. The van der Waals surface area contributed by atoms with Gasteiger partial charge in [0, 0.05) is 18.7 Å². The second-order valence-electron chi connectivity index (χ2n) is 6.19. The molecule has 1 saturated heterocycles. The highest BCUT2D eigenvalue weighted by atomic mass is 32.2. The number of hydrogen-bond acceptors (Lipinski definition) is 3. The number of nitrogens with zero attached hydrogens (tertiary/aromatic N) is 2. The molecule has 3 rings (SSSR count). The third-order valence-electron chi connectivity index (χ3n) is 4.57. The first kappa shape index (κ1) is 15.3. The van der Waals surface area contributed by atoms with Crippen LogP contribution in [-0.2, 0) is 10.0 Å². The van der Waals surface area contributed by atoms with Crippen LogP contribution in [0.1, 0.15) is 42.9 Å². The Bertz CT molecular complexity index is 770. The molecule has 4 nitrogen and oxygen atoms in total. The maximum absolute atomic E-state index is 12.5. The van der Waals surface area contributed by atoms with Crippen LogP contribution in [0.2, 0.25) is 0 Å². The van der Waals surface area contributed by atoms with E-state index >= 15 is 0 Å². The molecule has 0 bridgehead atoms. The quantitative estimate of drug-likeness (QED) is 0.798. The first-order chi connectivity index (χ1) is 10.4. The zero-order valence-corrected chi connectivity index (χ0v) is 14.2. The molecule has 0 atom stereocenters. The Morgan fingerprint density at radius 1 is 1.00 bits per heavy atom. The summed E-state index contributed by atoms with van der Waals surface area (Å²) in [6.07, 6.45) is 3.42. The van der Waals surface area contributed by atoms with Gasteiger partial charge < -0.3 is 4.90 Å². The molecule has 1 fully saturated rings. The summed E-state index contributed by atoms with van der Waals surface area (Å²) in [5, 5.41) is 0. The molecule has 0 N–H and O–H groups in total. The summed E-state index contributed by atoms with van der Waals surface area (Å²) in [5.74, 6) is 0.646. The third-order valence-corrected chi connectivity index (χ3v) is 6.04. The minimum atomic E-state index is -3.59. The van der Waals surface area contributed by atoms with E-state index < -0.39 is 10.0 Å². The lowest BCUT2D eigenvalue weighted by molar-refractivity contribution is 0.343. The Labute approximate surface area is 132 Å². The molecular weight excluding hydrogens is 296 g/mol. The van der Waals surface area contributed by atoms with Gasteiger partial charge >= 0.3 is 0 Å². The van der Waals surface area contributed by atoms with Crippen molar-refractivity contribution in [2.75, 3.05) is 13.1 Å². The van der Waals surface area contributed by atoms with Gasteiger partial charge in [0.15, 0.2) is 0 Å². The van der Waals surface area contributed by atoms with Crippen molar-refractivity contribution in [2.24, 2.45) is 4.40 Å². The van der Waals surface area contributed by atoms with Crippen LogP contribution in [0.25, 0.3) is 4.91 Å². The van der Waals surface area contributed by atoms with E-state index in [0.29, 0.717) is 10.7 Å². The molecule has 2 aliphatic rings. The molecule has 118 valence electrons. The number of hydrogen-bond donors (Lipinski definition) is 0. The molecule has 0 saturated carbocycles. The zero-order chi connectivity index (χ0) is 15.9. The second kappa shape index (κ2) is 5.54. The van der Waals surface area contributed by atoms with Gasteiger partial charge in [0.25, 0.3) is 10.0 Å². The van der Waals surface area contributed by atoms with Crippen LogP contribution in [-0.4, -0.2) is 32.2 Å². The van der Waals surface area contributed by atoms with Crippen LogP contribution < -0.4 is 0 Å². The zero-order valence-electron chi connectivity index (χ0n) is 13.4. The van der Waals surface area contributed by atoms with Gasteiger partial charge in [-0.1, -0.05) is 18.2 Å². The molecule has 0 unspecified atom stereocenters. The second-order valence-corrected chi connectivity index (χ2v) is 7.73. The van der Waals surface area contributed by atoms with Crippen LogP contribution in [0.4, 0.5) is 0 Å². The van der Waals surface area contributed by atoms with Gasteiger partial charge in [-0.3, -0.25) is 0 Å². The van der Waals surface area contributed by atoms with E-state index in [1.807, 2.05) is 39.0 Å². The smallest absolute Gasteiger partial charge is 0.285 e. The van der Waals surface area contributed by atoms with Crippen molar-refractivity contribution >= 4 is 20.8 Å². The number of likely N-dealkylation sites (tertiary alicyclic amines) is 1. The Balaban J connectivity index is 2.06. The summed E-state index contributed by atoms with van der Waals surface area (Å²) < 4.78 is 29.2. The molecule has 22 heavy (non-hydrogen) atoms. The predicted molar refractivity (Wildman–Crippen MR) is 90.3 cm³/mol. The Hall–Kier alpha value is -1.62. The van der Waals surface area contributed by atoms with Crippen molar-refractivity contribution in [3.05, 3.63) is 40.5 Å². The van der Waals surface area contributed by atoms with Crippen molar-refractivity contribution in [3.63, 3.8) is 0 Å². The van der Waals surface area contributed by atoms with E-state index in [-0.39, 0.29) is 0 Å².